The fraction of sp³-hybridized carbons (Fsp3) is 0.227. The highest BCUT2D eigenvalue weighted by molar-refractivity contribution is 6.03. The highest BCUT2D eigenvalue weighted by Gasteiger charge is 2.14. The topological polar surface area (TPSA) is 87.5 Å². The van der Waals surface area contributed by atoms with Crippen molar-refractivity contribution in [1.29, 1.82) is 0 Å². The van der Waals surface area contributed by atoms with Crippen molar-refractivity contribution in [3.8, 4) is 0 Å². The molecule has 1 fully saturated rings. The number of carbonyl (C=O) groups is 2. The van der Waals surface area contributed by atoms with Crippen LogP contribution in [-0.2, 0) is 6.54 Å². The van der Waals surface area contributed by atoms with Gasteiger partial charge in [-0.15, -0.1) is 0 Å². The Balaban J connectivity index is 1.38. The molecule has 2 N–H and O–H groups in total. The smallest absolute Gasteiger partial charge is 0.274 e. The summed E-state index contributed by atoms with van der Waals surface area (Å²) in [7, 11) is 0. The number of aromatic nitrogens is 1. The number of nitrogens with one attached hydrogen (secondary N) is 2. The quantitative estimate of drug-likeness (QED) is 0.673. The summed E-state index contributed by atoms with van der Waals surface area (Å²) in [4.78, 5) is 31.3. The zero-order chi connectivity index (χ0) is 20.1. The van der Waals surface area contributed by atoms with Crippen LogP contribution in [0.2, 0.25) is 0 Å². The van der Waals surface area contributed by atoms with E-state index in [2.05, 4.69) is 20.5 Å². The van der Waals surface area contributed by atoms with E-state index in [1.54, 1.807) is 36.6 Å². The number of anilines is 2. The molecule has 0 spiro atoms. The average molecular weight is 390 g/mol. The molecule has 0 bridgehead atoms. The Bertz CT molecular complexity index is 978. The van der Waals surface area contributed by atoms with Crippen LogP contribution in [0.1, 0.15) is 39.6 Å². The Morgan fingerprint density at radius 3 is 2.34 bits per heavy atom. The molecule has 2 aromatic heterocycles. The fourth-order valence-corrected chi connectivity index (χ4v) is 3.28. The maximum Gasteiger partial charge on any atom is 0.274 e. The first-order valence-electron chi connectivity index (χ1n) is 9.63. The Morgan fingerprint density at radius 2 is 1.66 bits per heavy atom. The second kappa shape index (κ2) is 8.60. The average Bonchev–Trinajstić information content (AvgIpc) is 3.47. The maximum atomic E-state index is 12.5. The molecule has 3 heterocycles. The van der Waals surface area contributed by atoms with E-state index in [4.69, 9.17) is 4.42 Å². The van der Waals surface area contributed by atoms with Crippen LogP contribution in [0.3, 0.4) is 0 Å². The lowest BCUT2D eigenvalue weighted by Crippen LogP contribution is -2.25. The molecule has 0 aliphatic carbocycles. The van der Waals surface area contributed by atoms with Crippen LogP contribution >= 0.6 is 0 Å². The van der Waals surface area contributed by atoms with E-state index >= 15 is 0 Å². The van der Waals surface area contributed by atoms with Crippen LogP contribution in [0.25, 0.3) is 0 Å². The molecule has 1 aromatic carbocycles. The molecular weight excluding hydrogens is 368 g/mol. The zero-order valence-corrected chi connectivity index (χ0v) is 15.9. The summed E-state index contributed by atoms with van der Waals surface area (Å²) in [5.74, 6) is -0.0877. The van der Waals surface area contributed by atoms with Gasteiger partial charge < -0.3 is 20.0 Å². The molecule has 0 unspecified atom stereocenters. The van der Waals surface area contributed by atoms with Gasteiger partial charge in [0.05, 0.1) is 12.8 Å². The van der Waals surface area contributed by atoms with E-state index in [-0.39, 0.29) is 29.7 Å². The molecule has 1 aliphatic heterocycles. The summed E-state index contributed by atoms with van der Waals surface area (Å²) in [6.07, 6.45) is 3.98. The number of rotatable bonds is 6. The van der Waals surface area contributed by atoms with Gasteiger partial charge in [-0.3, -0.25) is 9.59 Å². The van der Waals surface area contributed by atoms with Gasteiger partial charge in [0, 0.05) is 24.5 Å². The maximum absolute atomic E-state index is 12.5. The molecule has 148 valence electrons. The van der Waals surface area contributed by atoms with Crippen molar-refractivity contribution < 1.29 is 14.0 Å². The number of pyridine rings is 1. The molecule has 0 radical (unpaired) electrons. The van der Waals surface area contributed by atoms with Crippen LogP contribution in [0.5, 0.6) is 0 Å². The molecule has 3 aromatic rings. The van der Waals surface area contributed by atoms with Crippen molar-refractivity contribution in [2.45, 2.75) is 19.4 Å². The summed E-state index contributed by atoms with van der Waals surface area (Å²) in [5.41, 5.74) is 2.20. The van der Waals surface area contributed by atoms with Crippen LogP contribution in [-0.4, -0.2) is 29.9 Å². The summed E-state index contributed by atoms with van der Waals surface area (Å²) in [5, 5.41) is 5.55. The third-order valence-electron chi connectivity index (χ3n) is 4.81. The first kappa shape index (κ1) is 18.7. The number of nitrogens with zero attached hydrogens (tertiary/aromatic N) is 2. The first-order chi connectivity index (χ1) is 14.2. The van der Waals surface area contributed by atoms with Crippen molar-refractivity contribution in [1.82, 2.24) is 10.3 Å². The van der Waals surface area contributed by atoms with E-state index in [0.717, 1.165) is 18.8 Å². The SMILES string of the molecule is O=C(NCc1ccco1)c1cccc(C(=O)Nc2ccc(N3CCCC3)cc2)n1. The van der Waals surface area contributed by atoms with Gasteiger partial charge >= 0.3 is 0 Å². The van der Waals surface area contributed by atoms with Crippen molar-refractivity contribution in [3.63, 3.8) is 0 Å². The molecule has 29 heavy (non-hydrogen) atoms. The third kappa shape index (κ3) is 4.63. The van der Waals surface area contributed by atoms with Crippen LogP contribution < -0.4 is 15.5 Å². The Kier molecular flexibility index (Phi) is 5.56. The van der Waals surface area contributed by atoms with E-state index in [1.807, 2.05) is 24.3 Å². The van der Waals surface area contributed by atoms with E-state index < -0.39 is 0 Å². The molecule has 4 rings (SSSR count). The van der Waals surface area contributed by atoms with E-state index in [9.17, 15) is 9.59 Å². The Labute approximate surface area is 168 Å². The first-order valence-corrected chi connectivity index (χ1v) is 9.63. The molecule has 0 atom stereocenters. The minimum atomic E-state index is -0.369. The van der Waals surface area contributed by atoms with Gasteiger partial charge in [-0.05, 0) is 61.4 Å². The molecule has 2 amide bonds. The van der Waals surface area contributed by atoms with Gasteiger partial charge in [0.15, 0.2) is 0 Å². The highest BCUT2D eigenvalue weighted by Crippen LogP contribution is 2.22. The zero-order valence-electron chi connectivity index (χ0n) is 15.9. The molecule has 7 nitrogen and oxygen atoms in total. The summed E-state index contributed by atoms with van der Waals surface area (Å²) < 4.78 is 5.19. The number of furan rings is 1. The summed E-state index contributed by atoms with van der Waals surface area (Å²) >= 11 is 0. The second-order valence-electron chi connectivity index (χ2n) is 6.87. The number of hydrogen-bond donors (Lipinski definition) is 2. The van der Waals surface area contributed by atoms with Gasteiger partial charge in [0.25, 0.3) is 11.8 Å². The normalized spacial score (nSPS) is 13.3. The lowest BCUT2D eigenvalue weighted by atomic mass is 10.2. The predicted octanol–water partition coefficient (Wildman–Crippen LogP) is 3.46. The van der Waals surface area contributed by atoms with Crippen LogP contribution in [0.4, 0.5) is 11.4 Å². The van der Waals surface area contributed by atoms with Crippen molar-refractivity contribution in [2.75, 3.05) is 23.3 Å². The van der Waals surface area contributed by atoms with Crippen LogP contribution in [0, 0.1) is 0 Å². The molecule has 1 aliphatic rings. The van der Waals surface area contributed by atoms with Gasteiger partial charge in [0.1, 0.15) is 17.1 Å². The minimum Gasteiger partial charge on any atom is -0.467 e. The Morgan fingerprint density at radius 1 is 0.931 bits per heavy atom. The lowest BCUT2D eigenvalue weighted by molar-refractivity contribution is 0.0943. The summed E-state index contributed by atoms with van der Waals surface area (Å²) in [6.45, 7) is 2.40. The fourth-order valence-electron chi connectivity index (χ4n) is 3.28. The number of carbonyl (C=O) groups excluding carboxylic acids is 2. The van der Waals surface area contributed by atoms with Gasteiger partial charge in [-0.25, -0.2) is 4.98 Å². The molecule has 7 heteroatoms. The summed E-state index contributed by atoms with van der Waals surface area (Å²) in [6, 6.07) is 16.1. The van der Waals surface area contributed by atoms with Crippen molar-refractivity contribution in [3.05, 3.63) is 78.0 Å². The van der Waals surface area contributed by atoms with Gasteiger partial charge in [-0.1, -0.05) is 6.07 Å². The van der Waals surface area contributed by atoms with Crippen molar-refractivity contribution >= 4 is 23.2 Å². The second-order valence-corrected chi connectivity index (χ2v) is 6.87. The van der Waals surface area contributed by atoms with Gasteiger partial charge in [0.2, 0.25) is 0 Å². The molecule has 1 saturated heterocycles. The number of hydrogen-bond acceptors (Lipinski definition) is 5. The molecule has 0 saturated carbocycles. The third-order valence-corrected chi connectivity index (χ3v) is 4.81. The monoisotopic (exact) mass is 390 g/mol. The lowest BCUT2D eigenvalue weighted by Gasteiger charge is -2.17. The highest BCUT2D eigenvalue weighted by atomic mass is 16.3. The minimum absolute atomic E-state index is 0.175. The predicted molar refractivity (Wildman–Crippen MR) is 110 cm³/mol. The largest absolute Gasteiger partial charge is 0.467 e. The van der Waals surface area contributed by atoms with Gasteiger partial charge in [-0.2, -0.15) is 0 Å². The van der Waals surface area contributed by atoms with E-state index in [1.165, 1.54) is 12.8 Å². The van der Waals surface area contributed by atoms with Crippen molar-refractivity contribution in [2.24, 2.45) is 0 Å². The number of amides is 2. The Hall–Kier alpha value is -3.61. The van der Waals surface area contributed by atoms with Crippen LogP contribution in [0.15, 0.2) is 65.3 Å². The number of benzene rings is 1. The van der Waals surface area contributed by atoms with E-state index in [0.29, 0.717) is 11.4 Å². The molecular formula is C22H22N4O3. The standard InChI is InChI=1S/C22H22N4O3/c27-21(23-15-18-5-4-14-29-18)19-6-3-7-20(25-19)22(28)24-16-8-10-17(11-9-16)26-12-1-2-13-26/h3-11,14H,1-2,12-13,15H2,(H,23,27)(H,24,28).